The van der Waals surface area contributed by atoms with Crippen molar-refractivity contribution in [2.45, 2.75) is 46.0 Å². The first-order valence-corrected chi connectivity index (χ1v) is 9.00. The third-order valence-electron chi connectivity index (χ3n) is 4.24. The van der Waals surface area contributed by atoms with E-state index in [0.717, 1.165) is 25.9 Å². The van der Waals surface area contributed by atoms with Crippen LogP contribution >= 0.6 is 11.3 Å². The van der Waals surface area contributed by atoms with Gasteiger partial charge in [0.15, 0.2) is 0 Å². The Morgan fingerprint density at radius 1 is 1.32 bits per heavy atom. The summed E-state index contributed by atoms with van der Waals surface area (Å²) in [6.07, 6.45) is 2.20. The number of amides is 2. The SMILES string of the molecule is CCN(CC)C(=O)CCCNC(=O)[C@@H]1C[C@H]1c1ccc(C)s1. The molecule has 0 aromatic carbocycles. The zero-order valence-corrected chi connectivity index (χ0v) is 14.5. The molecular formula is C17H26N2O2S. The smallest absolute Gasteiger partial charge is 0.223 e. The summed E-state index contributed by atoms with van der Waals surface area (Å²) in [4.78, 5) is 28.4. The summed E-state index contributed by atoms with van der Waals surface area (Å²) in [6.45, 7) is 8.18. The Labute approximate surface area is 136 Å². The van der Waals surface area contributed by atoms with Gasteiger partial charge in [0.1, 0.15) is 0 Å². The van der Waals surface area contributed by atoms with Gasteiger partial charge in [-0.2, -0.15) is 0 Å². The second kappa shape index (κ2) is 7.77. The van der Waals surface area contributed by atoms with Crippen molar-refractivity contribution in [1.29, 1.82) is 0 Å². The highest BCUT2D eigenvalue weighted by Crippen LogP contribution is 2.49. The molecule has 2 amide bonds. The number of hydrogen-bond donors (Lipinski definition) is 1. The van der Waals surface area contributed by atoms with E-state index in [1.165, 1.54) is 9.75 Å². The average Bonchev–Trinajstić information content (AvgIpc) is 3.19. The molecule has 1 aromatic heterocycles. The monoisotopic (exact) mass is 322 g/mol. The van der Waals surface area contributed by atoms with Crippen molar-refractivity contribution >= 4 is 23.2 Å². The molecule has 1 N–H and O–H groups in total. The van der Waals surface area contributed by atoms with Gasteiger partial charge in [-0.25, -0.2) is 0 Å². The molecule has 5 heteroatoms. The first-order chi connectivity index (χ1) is 10.6. The summed E-state index contributed by atoms with van der Waals surface area (Å²) in [6, 6.07) is 4.26. The predicted octanol–water partition coefficient (Wildman–Crippen LogP) is 2.92. The van der Waals surface area contributed by atoms with E-state index in [1.807, 2.05) is 18.7 Å². The van der Waals surface area contributed by atoms with Crippen molar-refractivity contribution in [3.63, 3.8) is 0 Å². The minimum absolute atomic E-state index is 0.136. The van der Waals surface area contributed by atoms with E-state index < -0.39 is 0 Å². The van der Waals surface area contributed by atoms with Crippen LogP contribution < -0.4 is 5.32 Å². The van der Waals surface area contributed by atoms with Gasteiger partial charge >= 0.3 is 0 Å². The van der Waals surface area contributed by atoms with Crippen LogP contribution in [0.1, 0.15) is 48.8 Å². The maximum absolute atomic E-state index is 12.1. The van der Waals surface area contributed by atoms with Crippen LogP contribution in [0.2, 0.25) is 0 Å². The highest BCUT2D eigenvalue weighted by Gasteiger charge is 2.44. The minimum atomic E-state index is 0.136. The van der Waals surface area contributed by atoms with Gasteiger partial charge in [0.25, 0.3) is 0 Å². The van der Waals surface area contributed by atoms with E-state index >= 15 is 0 Å². The standard InChI is InChI=1S/C17H26N2O2S/c1-4-19(5-2)16(20)7-6-10-18-17(21)14-11-13(14)15-9-8-12(3)22-15/h8-9,13-14H,4-7,10-11H2,1-3H3,(H,18,21)/t13-,14-/m1/s1. The summed E-state index contributed by atoms with van der Waals surface area (Å²) < 4.78 is 0. The van der Waals surface area contributed by atoms with Gasteiger partial charge in [-0.05, 0) is 45.7 Å². The normalized spacial score (nSPS) is 19.8. The van der Waals surface area contributed by atoms with Gasteiger partial charge in [0.05, 0.1) is 0 Å². The van der Waals surface area contributed by atoms with E-state index in [0.29, 0.717) is 18.9 Å². The summed E-state index contributed by atoms with van der Waals surface area (Å²) in [5.74, 6) is 0.872. The van der Waals surface area contributed by atoms with Crippen LogP contribution in [-0.2, 0) is 9.59 Å². The molecule has 1 aromatic rings. The van der Waals surface area contributed by atoms with E-state index in [4.69, 9.17) is 0 Å². The van der Waals surface area contributed by atoms with E-state index in [9.17, 15) is 9.59 Å². The number of thiophene rings is 1. The van der Waals surface area contributed by atoms with Gasteiger partial charge in [-0.1, -0.05) is 0 Å². The number of carbonyl (C=O) groups excluding carboxylic acids is 2. The Morgan fingerprint density at radius 3 is 2.64 bits per heavy atom. The molecule has 4 nitrogen and oxygen atoms in total. The Bertz CT molecular complexity index is 522. The molecule has 1 fully saturated rings. The van der Waals surface area contributed by atoms with Crippen molar-refractivity contribution in [2.75, 3.05) is 19.6 Å². The van der Waals surface area contributed by atoms with Crippen LogP contribution in [0, 0.1) is 12.8 Å². The van der Waals surface area contributed by atoms with Crippen LogP contribution in [-0.4, -0.2) is 36.3 Å². The first-order valence-electron chi connectivity index (χ1n) is 8.18. The van der Waals surface area contributed by atoms with Crippen LogP contribution in [0.4, 0.5) is 0 Å². The van der Waals surface area contributed by atoms with Crippen molar-refractivity contribution in [1.82, 2.24) is 10.2 Å². The Balaban J connectivity index is 1.64. The molecule has 0 radical (unpaired) electrons. The Morgan fingerprint density at radius 2 is 2.05 bits per heavy atom. The van der Waals surface area contributed by atoms with Gasteiger partial charge in [0, 0.05) is 47.6 Å². The maximum atomic E-state index is 12.1. The fourth-order valence-electron chi connectivity index (χ4n) is 2.77. The highest BCUT2D eigenvalue weighted by molar-refractivity contribution is 7.12. The lowest BCUT2D eigenvalue weighted by atomic mass is 10.2. The van der Waals surface area contributed by atoms with Crippen molar-refractivity contribution in [2.24, 2.45) is 5.92 Å². The summed E-state index contributed by atoms with van der Waals surface area (Å²) in [5.41, 5.74) is 0. The van der Waals surface area contributed by atoms with E-state index in [-0.39, 0.29) is 17.7 Å². The first kappa shape index (κ1) is 17.0. The molecule has 2 atom stereocenters. The molecule has 0 bridgehead atoms. The third kappa shape index (κ3) is 4.32. The third-order valence-corrected chi connectivity index (χ3v) is 5.37. The zero-order valence-electron chi connectivity index (χ0n) is 13.7. The number of rotatable bonds is 8. The minimum Gasteiger partial charge on any atom is -0.356 e. The lowest BCUT2D eigenvalue weighted by molar-refractivity contribution is -0.131. The van der Waals surface area contributed by atoms with Crippen molar-refractivity contribution in [3.05, 3.63) is 21.9 Å². The number of nitrogens with zero attached hydrogens (tertiary/aromatic N) is 1. The molecule has 0 unspecified atom stereocenters. The largest absolute Gasteiger partial charge is 0.356 e. The summed E-state index contributed by atoms with van der Waals surface area (Å²) in [5, 5.41) is 2.98. The van der Waals surface area contributed by atoms with Crippen LogP contribution in [0.3, 0.4) is 0 Å². The second-order valence-corrected chi connectivity index (χ2v) is 7.18. The van der Waals surface area contributed by atoms with Crippen LogP contribution in [0.5, 0.6) is 0 Å². The van der Waals surface area contributed by atoms with Crippen LogP contribution in [0.25, 0.3) is 0 Å². The number of nitrogens with one attached hydrogen (secondary N) is 1. The molecule has 1 aliphatic carbocycles. The van der Waals surface area contributed by atoms with E-state index in [2.05, 4.69) is 24.4 Å². The molecule has 1 aliphatic rings. The summed E-state index contributed by atoms with van der Waals surface area (Å²) >= 11 is 1.79. The van der Waals surface area contributed by atoms with Crippen molar-refractivity contribution in [3.8, 4) is 0 Å². The topological polar surface area (TPSA) is 49.4 Å². The quantitative estimate of drug-likeness (QED) is 0.748. The Hall–Kier alpha value is -1.36. The molecular weight excluding hydrogens is 296 g/mol. The van der Waals surface area contributed by atoms with Gasteiger partial charge < -0.3 is 10.2 Å². The molecule has 1 saturated carbocycles. The number of carbonyl (C=O) groups is 2. The fourth-order valence-corrected chi connectivity index (χ4v) is 3.82. The number of hydrogen-bond acceptors (Lipinski definition) is 3. The lowest BCUT2D eigenvalue weighted by Gasteiger charge is -2.18. The second-order valence-electron chi connectivity index (χ2n) is 5.86. The Kier molecular flexibility index (Phi) is 6.00. The fraction of sp³-hybridized carbons (Fsp3) is 0.647. The van der Waals surface area contributed by atoms with Gasteiger partial charge in [-0.15, -0.1) is 11.3 Å². The molecule has 2 rings (SSSR count). The van der Waals surface area contributed by atoms with E-state index in [1.54, 1.807) is 11.3 Å². The highest BCUT2D eigenvalue weighted by atomic mass is 32.1. The predicted molar refractivity (Wildman–Crippen MR) is 90.1 cm³/mol. The number of aryl methyl sites for hydroxylation is 1. The zero-order chi connectivity index (χ0) is 16.1. The average molecular weight is 322 g/mol. The summed E-state index contributed by atoms with van der Waals surface area (Å²) in [7, 11) is 0. The molecule has 0 aliphatic heterocycles. The molecule has 122 valence electrons. The van der Waals surface area contributed by atoms with Crippen molar-refractivity contribution < 1.29 is 9.59 Å². The van der Waals surface area contributed by atoms with Gasteiger partial charge in [-0.3, -0.25) is 9.59 Å². The van der Waals surface area contributed by atoms with Gasteiger partial charge in [0.2, 0.25) is 11.8 Å². The van der Waals surface area contributed by atoms with Crippen LogP contribution in [0.15, 0.2) is 12.1 Å². The molecule has 0 saturated heterocycles. The lowest BCUT2D eigenvalue weighted by Crippen LogP contribution is -2.32. The molecule has 0 spiro atoms. The molecule has 22 heavy (non-hydrogen) atoms. The maximum Gasteiger partial charge on any atom is 0.223 e. The molecule has 1 heterocycles.